The second kappa shape index (κ2) is 5.21. The molecular weight excluding hydrogens is 342 g/mol. The predicted molar refractivity (Wildman–Crippen MR) is 72.0 cm³/mol. The van der Waals surface area contributed by atoms with Gasteiger partial charge >= 0.3 is 0 Å². The molecule has 0 aromatic carbocycles. The third-order valence-corrected chi connectivity index (χ3v) is 4.10. The lowest BCUT2D eigenvalue weighted by Gasteiger charge is -2.08. The van der Waals surface area contributed by atoms with Crippen molar-refractivity contribution in [1.82, 2.24) is 9.97 Å². The van der Waals surface area contributed by atoms with E-state index >= 15 is 0 Å². The minimum Gasteiger partial charge on any atom is -0.276 e. The molecule has 0 unspecified atom stereocenters. The number of aromatic nitrogens is 2. The van der Waals surface area contributed by atoms with Crippen LogP contribution in [0.1, 0.15) is 0 Å². The fourth-order valence-corrected chi connectivity index (χ4v) is 2.97. The van der Waals surface area contributed by atoms with Crippen LogP contribution in [-0.4, -0.2) is 18.4 Å². The molecule has 0 aliphatic rings. The molecule has 1 N–H and O–H groups in total. The third kappa shape index (κ3) is 2.98. The highest BCUT2D eigenvalue weighted by Crippen LogP contribution is 2.23. The van der Waals surface area contributed by atoms with Crippen molar-refractivity contribution in [2.45, 2.75) is 4.90 Å². The van der Waals surface area contributed by atoms with E-state index in [0.29, 0.717) is 4.47 Å². The van der Waals surface area contributed by atoms with Crippen LogP contribution in [0.25, 0.3) is 0 Å². The topological polar surface area (TPSA) is 72.0 Å². The summed E-state index contributed by atoms with van der Waals surface area (Å²) in [5.41, 5.74) is 0.221. The maximum absolute atomic E-state index is 12.0. The summed E-state index contributed by atoms with van der Waals surface area (Å²) >= 11 is 9.02. The average molecular weight is 349 g/mol. The highest BCUT2D eigenvalue weighted by atomic mass is 79.9. The normalized spacial score (nSPS) is 11.2. The van der Waals surface area contributed by atoms with Crippen molar-refractivity contribution < 1.29 is 8.42 Å². The molecule has 0 fully saturated rings. The summed E-state index contributed by atoms with van der Waals surface area (Å²) in [6.07, 6.45) is 5.56. The van der Waals surface area contributed by atoms with Crippen LogP contribution in [0, 0.1) is 0 Å². The van der Waals surface area contributed by atoms with Gasteiger partial charge in [-0.3, -0.25) is 14.7 Å². The second-order valence-electron chi connectivity index (χ2n) is 3.30. The Morgan fingerprint density at radius 2 is 2.00 bits per heavy atom. The largest absolute Gasteiger partial charge is 0.276 e. The van der Waals surface area contributed by atoms with Gasteiger partial charge in [0, 0.05) is 23.1 Å². The van der Waals surface area contributed by atoms with Crippen molar-refractivity contribution in [3.8, 4) is 0 Å². The molecule has 0 aliphatic carbocycles. The van der Waals surface area contributed by atoms with E-state index in [0.717, 1.165) is 0 Å². The molecule has 2 rings (SSSR count). The van der Waals surface area contributed by atoms with Gasteiger partial charge in [0.1, 0.15) is 4.90 Å². The molecule has 8 heteroatoms. The van der Waals surface area contributed by atoms with Crippen LogP contribution in [-0.2, 0) is 10.0 Å². The van der Waals surface area contributed by atoms with E-state index in [9.17, 15) is 8.42 Å². The van der Waals surface area contributed by atoms with Crippen LogP contribution >= 0.6 is 27.5 Å². The maximum atomic E-state index is 12.0. The molecule has 2 heterocycles. The zero-order valence-corrected chi connectivity index (χ0v) is 12.0. The number of anilines is 1. The Labute approximate surface area is 117 Å². The Kier molecular flexibility index (Phi) is 3.84. The summed E-state index contributed by atoms with van der Waals surface area (Å²) in [6, 6.07) is 2.94. The van der Waals surface area contributed by atoms with Gasteiger partial charge in [-0.1, -0.05) is 11.6 Å². The number of sulfonamides is 1. The summed E-state index contributed by atoms with van der Waals surface area (Å²) in [5.74, 6) is 0. The number of nitrogens with zero attached hydrogens (tertiary/aromatic N) is 2. The lowest BCUT2D eigenvalue weighted by atomic mass is 10.4. The van der Waals surface area contributed by atoms with Gasteiger partial charge in [-0.15, -0.1) is 0 Å². The van der Waals surface area contributed by atoms with Crippen LogP contribution in [0.5, 0.6) is 0 Å². The quantitative estimate of drug-likeness (QED) is 0.925. The van der Waals surface area contributed by atoms with Crippen LogP contribution in [0.2, 0.25) is 5.02 Å². The Bertz CT molecular complexity index is 678. The molecule has 94 valence electrons. The van der Waals surface area contributed by atoms with Gasteiger partial charge in [0.25, 0.3) is 10.0 Å². The van der Waals surface area contributed by atoms with Crippen LogP contribution in [0.3, 0.4) is 0 Å². The minimum atomic E-state index is -3.73. The van der Waals surface area contributed by atoms with Gasteiger partial charge < -0.3 is 0 Å². The Morgan fingerprint density at radius 3 is 2.67 bits per heavy atom. The first-order valence-corrected chi connectivity index (χ1v) is 7.37. The van der Waals surface area contributed by atoms with Gasteiger partial charge in [-0.05, 0) is 28.1 Å². The number of pyridine rings is 2. The Hall–Kier alpha value is -1.18. The molecular formula is C10H7BrClN3O2S. The van der Waals surface area contributed by atoms with Gasteiger partial charge in [0.15, 0.2) is 0 Å². The van der Waals surface area contributed by atoms with Crippen molar-refractivity contribution in [2.75, 3.05) is 4.72 Å². The molecule has 0 radical (unpaired) electrons. The molecule has 2 aromatic heterocycles. The highest BCUT2D eigenvalue weighted by molar-refractivity contribution is 9.10. The van der Waals surface area contributed by atoms with Crippen molar-refractivity contribution in [3.63, 3.8) is 0 Å². The fraction of sp³-hybridized carbons (Fsp3) is 0. The van der Waals surface area contributed by atoms with Gasteiger partial charge in [0.2, 0.25) is 0 Å². The van der Waals surface area contributed by atoms with Gasteiger partial charge in [-0.2, -0.15) is 0 Å². The first-order chi connectivity index (χ1) is 8.49. The molecule has 0 spiro atoms. The van der Waals surface area contributed by atoms with Gasteiger partial charge in [-0.25, -0.2) is 8.42 Å². The number of hydrogen-bond donors (Lipinski definition) is 1. The van der Waals surface area contributed by atoms with E-state index in [-0.39, 0.29) is 15.6 Å². The third-order valence-electron chi connectivity index (χ3n) is 2.00. The van der Waals surface area contributed by atoms with E-state index in [1.807, 2.05) is 0 Å². The zero-order chi connectivity index (χ0) is 13.2. The molecule has 0 atom stereocenters. The Balaban J connectivity index is 2.37. The van der Waals surface area contributed by atoms with Crippen LogP contribution < -0.4 is 4.72 Å². The minimum absolute atomic E-state index is 0.0387. The standard InChI is InChI=1S/C10H7BrClN3O2S/c11-7-3-8(5-14-4-7)18(16,17)15-10-6-13-2-1-9(10)12/h1-6,15H. The van der Waals surface area contributed by atoms with Crippen molar-refractivity contribution in [3.05, 3.63) is 46.4 Å². The number of halogens is 2. The summed E-state index contributed by atoms with van der Waals surface area (Å²) in [5, 5.41) is 0.275. The van der Waals surface area contributed by atoms with E-state index in [4.69, 9.17) is 11.6 Å². The van der Waals surface area contributed by atoms with E-state index in [1.165, 1.54) is 36.9 Å². The SMILES string of the molecule is O=S(=O)(Nc1cnccc1Cl)c1cncc(Br)c1. The predicted octanol–water partition coefficient (Wildman–Crippen LogP) is 2.69. The zero-order valence-electron chi connectivity index (χ0n) is 8.84. The van der Waals surface area contributed by atoms with Crippen molar-refractivity contribution in [2.24, 2.45) is 0 Å². The average Bonchev–Trinajstić information content (AvgIpc) is 2.32. The van der Waals surface area contributed by atoms with E-state index in [2.05, 4.69) is 30.6 Å². The molecule has 0 aliphatic heterocycles. The van der Waals surface area contributed by atoms with E-state index in [1.54, 1.807) is 0 Å². The molecule has 2 aromatic rings. The summed E-state index contributed by atoms with van der Waals surface area (Å²) in [7, 11) is -3.73. The molecule has 0 amide bonds. The number of hydrogen-bond acceptors (Lipinski definition) is 4. The van der Waals surface area contributed by atoms with Gasteiger partial charge in [0.05, 0.1) is 16.9 Å². The smallest absolute Gasteiger partial charge is 0.263 e. The van der Waals surface area contributed by atoms with E-state index < -0.39 is 10.0 Å². The van der Waals surface area contributed by atoms with Crippen molar-refractivity contribution in [1.29, 1.82) is 0 Å². The first kappa shape index (κ1) is 13.3. The Morgan fingerprint density at radius 1 is 1.22 bits per heavy atom. The van der Waals surface area contributed by atoms with Crippen LogP contribution in [0.15, 0.2) is 46.3 Å². The van der Waals surface area contributed by atoms with Crippen molar-refractivity contribution >= 4 is 43.2 Å². The fourth-order valence-electron chi connectivity index (χ4n) is 1.20. The molecule has 0 saturated carbocycles. The molecule has 0 bridgehead atoms. The highest BCUT2D eigenvalue weighted by Gasteiger charge is 2.16. The molecule has 5 nitrogen and oxygen atoms in total. The lowest BCUT2D eigenvalue weighted by Crippen LogP contribution is -2.13. The second-order valence-corrected chi connectivity index (χ2v) is 6.31. The molecule has 0 saturated heterocycles. The van der Waals surface area contributed by atoms with Crippen LogP contribution in [0.4, 0.5) is 5.69 Å². The first-order valence-electron chi connectivity index (χ1n) is 4.72. The summed E-state index contributed by atoms with van der Waals surface area (Å²) < 4.78 is 27.0. The number of rotatable bonds is 3. The number of nitrogens with one attached hydrogen (secondary N) is 1. The summed E-state index contributed by atoms with van der Waals surface area (Å²) in [4.78, 5) is 7.64. The lowest BCUT2D eigenvalue weighted by molar-refractivity contribution is 0.600. The monoisotopic (exact) mass is 347 g/mol. The maximum Gasteiger partial charge on any atom is 0.263 e. The molecule has 18 heavy (non-hydrogen) atoms. The summed E-state index contributed by atoms with van der Waals surface area (Å²) in [6.45, 7) is 0.